The monoisotopic (exact) mass is 338 g/mol. The number of aryl methyl sites for hydroxylation is 1. The molecular formula is C21H26N2O2. The number of aromatic hydroxyl groups is 1. The largest absolute Gasteiger partial charge is 0.493 e. The van der Waals surface area contributed by atoms with Crippen LogP contribution >= 0.6 is 0 Å². The van der Waals surface area contributed by atoms with E-state index in [1.807, 2.05) is 31.2 Å². The van der Waals surface area contributed by atoms with Crippen LogP contribution in [-0.2, 0) is 0 Å². The Morgan fingerprint density at radius 2 is 1.68 bits per heavy atom. The lowest BCUT2D eigenvalue weighted by Crippen LogP contribution is -2.48. The molecule has 0 aliphatic heterocycles. The van der Waals surface area contributed by atoms with Crippen molar-refractivity contribution >= 4 is 0 Å². The molecule has 4 heteroatoms. The maximum Gasteiger partial charge on any atom is 0.214 e. The molecule has 2 N–H and O–H groups in total. The van der Waals surface area contributed by atoms with Crippen molar-refractivity contribution in [2.24, 2.45) is 23.2 Å². The number of rotatable bonds is 3. The molecule has 1 aromatic carbocycles. The van der Waals surface area contributed by atoms with Crippen molar-refractivity contribution in [3.63, 3.8) is 0 Å². The fourth-order valence-electron chi connectivity index (χ4n) is 6.33. The summed E-state index contributed by atoms with van der Waals surface area (Å²) in [5.41, 5.74) is 2.52. The van der Waals surface area contributed by atoms with E-state index in [2.05, 4.69) is 5.10 Å². The number of hydrogen-bond acceptors (Lipinski definition) is 3. The van der Waals surface area contributed by atoms with Gasteiger partial charge in [0.2, 0.25) is 5.88 Å². The van der Waals surface area contributed by atoms with E-state index < -0.39 is 6.10 Å². The van der Waals surface area contributed by atoms with E-state index in [1.54, 1.807) is 10.7 Å². The molecule has 4 saturated carbocycles. The van der Waals surface area contributed by atoms with Gasteiger partial charge in [0.05, 0.1) is 11.4 Å². The lowest BCUT2D eigenvalue weighted by atomic mass is 9.48. The summed E-state index contributed by atoms with van der Waals surface area (Å²) in [6.45, 7) is 2.01. The van der Waals surface area contributed by atoms with Gasteiger partial charge in [-0.3, -0.25) is 0 Å². The molecule has 4 fully saturated rings. The van der Waals surface area contributed by atoms with Gasteiger partial charge >= 0.3 is 0 Å². The van der Waals surface area contributed by atoms with E-state index in [1.165, 1.54) is 19.3 Å². The molecule has 0 spiro atoms. The Hall–Kier alpha value is -1.81. The molecule has 0 saturated heterocycles. The van der Waals surface area contributed by atoms with Gasteiger partial charge in [-0.2, -0.15) is 5.10 Å². The smallest absolute Gasteiger partial charge is 0.214 e. The molecule has 25 heavy (non-hydrogen) atoms. The molecule has 6 rings (SSSR count). The van der Waals surface area contributed by atoms with Gasteiger partial charge in [-0.1, -0.05) is 18.2 Å². The van der Waals surface area contributed by atoms with Gasteiger partial charge in [0.1, 0.15) is 6.10 Å². The number of benzene rings is 1. The highest BCUT2D eigenvalue weighted by Crippen LogP contribution is 2.64. The third-order valence-corrected chi connectivity index (χ3v) is 7.00. The van der Waals surface area contributed by atoms with Crippen molar-refractivity contribution in [1.82, 2.24) is 9.78 Å². The summed E-state index contributed by atoms with van der Waals surface area (Å²) in [5, 5.41) is 26.3. The van der Waals surface area contributed by atoms with Crippen LogP contribution in [0, 0.1) is 30.1 Å². The summed E-state index contributed by atoms with van der Waals surface area (Å²) in [6.07, 6.45) is 6.87. The van der Waals surface area contributed by atoms with Crippen molar-refractivity contribution in [2.45, 2.75) is 51.6 Å². The highest BCUT2D eigenvalue weighted by molar-refractivity contribution is 5.42. The minimum absolute atomic E-state index is 0.0217. The van der Waals surface area contributed by atoms with Crippen molar-refractivity contribution < 1.29 is 10.2 Å². The SMILES string of the molecule is Cc1ccccc1-n1nc(C(O)C23CC4CC(CC(C4)C2)C3)cc1O. The number of hydrogen-bond donors (Lipinski definition) is 2. The molecule has 1 unspecified atom stereocenters. The average Bonchev–Trinajstić information content (AvgIpc) is 2.95. The molecule has 1 atom stereocenters. The second-order valence-electron chi connectivity index (χ2n) is 8.81. The van der Waals surface area contributed by atoms with Crippen molar-refractivity contribution in [2.75, 3.05) is 0 Å². The van der Waals surface area contributed by atoms with E-state index in [4.69, 9.17) is 0 Å². The van der Waals surface area contributed by atoms with E-state index in [-0.39, 0.29) is 11.3 Å². The number of aliphatic hydroxyl groups excluding tert-OH is 1. The minimum Gasteiger partial charge on any atom is -0.493 e. The second kappa shape index (κ2) is 5.34. The minimum atomic E-state index is -0.572. The maximum atomic E-state index is 11.3. The van der Waals surface area contributed by atoms with Crippen molar-refractivity contribution in [3.05, 3.63) is 41.6 Å². The van der Waals surface area contributed by atoms with E-state index in [9.17, 15) is 10.2 Å². The standard InChI is InChI=1S/C21H26N2O2/c1-13-4-2-3-5-18(13)23-19(24)9-17(22-23)20(25)21-10-14-6-15(11-21)8-16(7-14)12-21/h2-5,9,14-16,20,24-25H,6-8,10-12H2,1H3. The van der Waals surface area contributed by atoms with Crippen LogP contribution in [0.4, 0.5) is 0 Å². The van der Waals surface area contributed by atoms with Crippen LogP contribution < -0.4 is 0 Å². The molecule has 4 bridgehead atoms. The first-order valence-electron chi connectivity index (χ1n) is 9.57. The number of aliphatic hydroxyl groups is 1. The number of nitrogens with zero attached hydrogens (tertiary/aromatic N) is 2. The van der Waals surface area contributed by atoms with Gasteiger partial charge in [0, 0.05) is 11.5 Å². The summed E-state index contributed by atoms with van der Waals surface area (Å²) in [4.78, 5) is 0. The van der Waals surface area contributed by atoms with Crippen LogP contribution in [0.5, 0.6) is 5.88 Å². The number of aromatic nitrogens is 2. The van der Waals surface area contributed by atoms with Crippen molar-refractivity contribution in [3.8, 4) is 11.6 Å². The van der Waals surface area contributed by atoms with Gasteiger partial charge in [-0.15, -0.1) is 0 Å². The van der Waals surface area contributed by atoms with Crippen LogP contribution in [0.25, 0.3) is 5.69 Å². The molecular weight excluding hydrogens is 312 g/mol. The summed E-state index contributed by atoms with van der Waals surface area (Å²) in [5.74, 6) is 2.46. The zero-order chi connectivity index (χ0) is 17.2. The van der Waals surface area contributed by atoms with Gasteiger partial charge in [0.15, 0.2) is 0 Å². The fourth-order valence-corrected chi connectivity index (χ4v) is 6.33. The summed E-state index contributed by atoms with van der Waals surface area (Å²) in [7, 11) is 0. The van der Waals surface area contributed by atoms with Crippen LogP contribution in [0.15, 0.2) is 30.3 Å². The molecule has 4 aliphatic rings. The van der Waals surface area contributed by atoms with Crippen LogP contribution in [-0.4, -0.2) is 20.0 Å². The van der Waals surface area contributed by atoms with Crippen molar-refractivity contribution in [1.29, 1.82) is 0 Å². The zero-order valence-corrected chi connectivity index (χ0v) is 14.7. The molecule has 4 nitrogen and oxygen atoms in total. The molecule has 1 heterocycles. The first-order valence-corrected chi connectivity index (χ1v) is 9.57. The lowest BCUT2D eigenvalue weighted by molar-refractivity contribution is -0.123. The Bertz CT molecular complexity index is 775. The van der Waals surface area contributed by atoms with Gasteiger partial charge in [0.25, 0.3) is 0 Å². The van der Waals surface area contributed by atoms with Crippen LogP contribution in [0.1, 0.15) is 55.9 Å². The summed E-state index contributed by atoms with van der Waals surface area (Å²) in [6, 6.07) is 9.54. The Morgan fingerprint density at radius 3 is 2.28 bits per heavy atom. The Kier molecular flexibility index (Phi) is 3.30. The fraction of sp³-hybridized carbons (Fsp3) is 0.571. The molecule has 4 aliphatic carbocycles. The molecule has 1 aromatic heterocycles. The topological polar surface area (TPSA) is 58.3 Å². The summed E-state index contributed by atoms with van der Waals surface area (Å²) < 4.78 is 1.56. The van der Waals surface area contributed by atoms with Crippen LogP contribution in [0.2, 0.25) is 0 Å². The Balaban J connectivity index is 1.50. The zero-order valence-electron chi connectivity index (χ0n) is 14.7. The quantitative estimate of drug-likeness (QED) is 0.884. The highest BCUT2D eigenvalue weighted by atomic mass is 16.3. The van der Waals surface area contributed by atoms with E-state index in [0.29, 0.717) is 5.69 Å². The first-order chi connectivity index (χ1) is 12.0. The predicted octanol–water partition coefficient (Wildman–Crippen LogP) is 4.14. The lowest BCUT2D eigenvalue weighted by Gasteiger charge is -2.58. The highest BCUT2D eigenvalue weighted by Gasteiger charge is 2.54. The van der Waals surface area contributed by atoms with Gasteiger partial charge in [-0.25, -0.2) is 4.68 Å². The Morgan fingerprint density at radius 1 is 1.08 bits per heavy atom. The maximum absolute atomic E-state index is 11.3. The molecule has 0 amide bonds. The molecule has 2 aromatic rings. The third kappa shape index (κ3) is 2.34. The number of para-hydroxylation sites is 1. The van der Waals surface area contributed by atoms with E-state index >= 15 is 0 Å². The van der Waals surface area contributed by atoms with Gasteiger partial charge in [-0.05, 0) is 74.8 Å². The van der Waals surface area contributed by atoms with Crippen LogP contribution in [0.3, 0.4) is 0 Å². The molecule has 0 radical (unpaired) electrons. The third-order valence-electron chi connectivity index (χ3n) is 7.00. The molecule has 132 valence electrons. The normalized spacial score (nSPS) is 34.4. The van der Waals surface area contributed by atoms with E-state index in [0.717, 1.165) is 48.3 Å². The predicted molar refractivity (Wildman–Crippen MR) is 95.5 cm³/mol. The first kappa shape index (κ1) is 15.4. The second-order valence-corrected chi connectivity index (χ2v) is 8.81. The average molecular weight is 338 g/mol. The van der Waals surface area contributed by atoms with Gasteiger partial charge < -0.3 is 10.2 Å². The summed E-state index contributed by atoms with van der Waals surface area (Å²) >= 11 is 0. The Labute approximate surface area is 148 Å².